The minimum absolute atomic E-state index is 0.0433. The number of piperidine rings is 1. The molecule has 0 unspecified atom stereocenters. The molecule has 1 N–H and O–H groups in total. The zero-order chi connectivity index (χ0) is 24.4. The molecule has 3 rings (SSSR count). The van der Waals surface area contributed by atoms with Gasteiger partial charge in [-0.05, 0) is 43.2 Å². The van der Waals surface area contributed by atoms with Crippen LogP contribution in [-0.4, -0.2) is 45.9 Å². The third-order valence-electron chi connectivity index (χ3n) is 5.29. The van der Waals surface area contributed by atoms with Crippen molar-refractivity contribution in [3.63, 3.8) is 0 Å². The van der Waals surface area contributed by atoms with E-state index >= 15 is 0 Å². The molecule has 1 heterocycles. The molecule has 2 aromatic rings. The van der Waals surface area contributed by atoms with Crippen LogP contribution in [0.1, 0.15) is 18.4 Å². The Morgan fingerprint density at radius 3 is 2.45 bits per heavy atom. The lowest BCUT2D eigenvalue weighted by atomic mass is 9.98. The first kappa shape index (κ1) is 25.1. The molecule has 1 aliphatic heterocycles. The van der Waals surface area contributed by atoms with Crippen LogP contribution in [0.25, 0.3) is 0 Å². The molecular weight excluding hydrogens is 485 g/mol. The van der Waals surface area contributed by atoms with Crippen LogP contribution in [0.4, 0.5) is 18.9 Å². The number of hydrogen-bond donors (Lipinski definition) is 1. The summed E-state index contributed by atoms with van der Waals surface area (Å²) in [5.41, 5.74) is -1.51. The summed E-state index contributed by atoms with van der Waals surface area (Å²) in [6, 6.07) is 7.18. The first-order valence-corrected chi connectivity index (χ1v) is 11.7. The Kier molecular flexibility index (Phi) is 7.45. The normalized spacial score (nSPS) is 17.5. The highest BCUT2D eigenvalue weighted by atomic mass is 35.5. The highest BCUT2D eigenvalue weighted by molar-refractivity contribution is 7.89. The molecule has 0 aliphatic carbocycles. The lowest BCUT2D eigenvalue weighted by Gasteiger charge is -2.31. The molecule has 1 aliphatic rings. The van der Waals surface area contributed by atoms with Crippen LogP contribution in [0.15, 0.2) is 41.3 Å². The van der Waals surface area contributed by atoms with Crippen molar-refractivity contribution in [1.82, 2.24) is 4.31 Å². The van der Waals surface area contributed by atoms with Crippen molar-refractivity contribution in [2.24, 2.45) is 5.92 Å². The number of hydrogen-bond acceptors (Lipinski definition) is 5. The number of carbonyl (C=O) groups excluding carboxylic acids is 1. The van der Waals surface area contributed by atoms with E-state index in [0.29, 0.717) is 18.6 Å². The van der Waals surface area contributed by atoms with E-state index in [2.05, 4.69) is 5.32 Å². The zero-order valence-electron chi connectivity index (χ0n) is 17.8. The Bertz CT molecular complexity index is 1140. The predicted molar refractivity (Wildman–Crippen MR) is 116 cm³/mol. The van der Waals surface area contributed by atoms with Crippen molar-refractivity contribution in [2.75, 3.05) is 32.6 Å². The number of methoxy groups -OCH3 is 2. The number of nitrogens with zero attached hydrogens (tertiary/aromatic N) is 1. The van der Waals surface area contributed by atoms with Gasteiger partial charge in [0, 0.05) is 24.2 Å². The second-order valence-electron chi connectivity index (χ2n) is 7.40. The summed E-state index contributed by atoms with van der Waals surface area (Å²) in [5, 5.41) is 2.16. The SMILES string of the molecule is COc1ccc(S(=O)(=O)N2CCC[C@H](C(=O)Nc3ccc(Cl)cc3C(F)(F)F)C2)cc1OC. The second-order valence-corrected chi connectivity index (χ2v) is 9.77. The van der Waals surface area contributed by atoms with Crippen molar-refractivity contribution < 1.29 is 35.9 Å². The summed E-state index contributed by atoms with van der Waals surface area (Å²) < 4.78 is 77.7. The first-order chi connectivity index (χ1) is 15.5. The molecule has 7 nitrogen and oxygen atoms in total. The number of halogens is 4. The standard InChI is InChI=1S/C21H22ClF3N2O5S/c1-31-18-8-6-15(11-19(18)32-2)33(29,30)27-9-3-4-13(12-27)20(28)26-17-7-5-14(22)10-16(17)21(23,24)25/h5-8,10-11,13H,3-4,9,12H2,1-2H3,(H,26,28)/t13-/m0/s1. The molecule has 0 bridgehead atoms. The molecular formula is C21H22ClF3N2O5S. The molecule has 1 saturated heterocycles. The third kappa shape index (κ3) is 5.53. The van der Waals surface area contributed by atoms with Gasteiger partial charge >= 0.3 is 6.18 Å². The van der Waals surface area contributed by atoms with Crippen molar-refractivity contribution >= 4 is 33.2 Å². The van der Waals surface area contributed by atoms with Gasteiger partial charge in [-0.25, -0.2) is 8.42 Å². The Morgan fingerprint density at radius 1 is 1.12 bits per heavy atom. The van der Waals surface area contributed by atoms with Gasteiger partial charge in [-0.2, -0.15) is 17.5 Å². The number of anilines is 1. The van der Waals surface area contributed by atoms with Crippen molar-refractivity contribution in [3.05, 3.63) is 47.0 Å². The number of alkyl halides is 3. The number of ether oxygens (including phenoxy) is 2. The van der Waals surface area contributed by atoms with Gasteiger partial charge in [0.05, 0.1) is 36.3 Å². The van der Waals surface area contributed by atoms with E-state index in [1.54, 1.807) is 0 Å². The zero-order valence-corrected chi connectivity index (χ0v) is 19.4. The fourth-order valence-corrected chi connectivity index (χ4v) is 5.31. The van der Waals surface area contributed by atoms with Crippen LogP contribution in [0.2, 0.25) is 5.02 Å². The van der Waals surface area contributed by atoms with Gasteiger partial charge in [0.2, 0.25) is 15.9 Å². The average Bonchev–Trinajstić information content (AvgIpc) is 2.79. The van der Waals surface area contributed by atoms with Crippen molar-refractivity contribution in [2.45, 2.75) is 23.9 Å². The van der Waals surface area contributed by atoms with Crippen LogP contribution in [0.3, 0.4) is 0 Å². The largest absolute Gasteiger partial charge is 0.493 e. The topological polar surface area (TPSA) is 84.9 Å². The smallest absolute Gasteiger partial charge is 0.418 e. The molecule has 1 amide bonds. The average molecular weight is 507 g/mol. The summed E-state index contributed by atoms with van der Waals surface area (Å²) in [4.78, 5) is 12.7. The van der Waals surface area contributed by atoms with Gasteiger partial charge in [-0.3, -0.25) is 4.79 Å². The number of sulfonamides is 1. The number of carbonyl (C=O) groups is 1. The van der Waals surface area contributed by atoms with Gasteiger partial charge in [0.25, 0.3) is 0 Å². The van der Waals surface area contributed by atoms with Crippen molar-refractivity contribution in [1.29, 1.82) is 0 Å². The third-order valence-corrected chi connectivity index (χ3v) is 7.39. The Hall–Kier alpha value is -2.50. The Morgan fingerprint density at radius 2 is 1.82 bits per heavy atom. The fraction of sp³-hybridized carbons (Fsp3) is 0.381. The van der Waals surface area contributed by atoms with E-state index in [1.165, 1.54) is 38.5 Å². The summed E-state index contributed by atoms with van der Waals surface area (Å²) in [7, 11) is -1.18. The molecule has 0 saturated carbocycles. The number of amides is 1. The Balaban J connectivity index is 1.80. The molecule has 0 spiro atoms. The van der Waals surface area contributed by atoms with Crippen LogP contribution in [-0.2, 0) is 21.0 Å². The highest BCUT2D eigenvalue weighted by Crippen LogP contribution is 2.37. The first-order valence-electron chi connectivity index (χ1n) is 9.87. The molecule has 33 heavy (non-hydrogen) atoms. The number of rotatable bonds is 6. The maximum absolute atomic E-state index is 13.3. The van der Waals surface area contributed by atoms with E-state index in [4.69, 9.17) is 21.1 Å². The van der Waals surface area contributed by atoms with Gasteiger partial charge in [-0.1, -0.05) is 11.6 Å². The minimum Gasteiger partial charge on any atom is -0.493 e. The van der Waals surface area contributed by atoms with E-state index in [1.807, 2.05) is 0 Å². The molecule has 180 valence electrons. The highest BCUT2D eigenvalue weighted by Gasteiger charge is 2.37. The number of nitrogens with one attached hydrogen (secondary N) is 1. The van der Waals surface area contributed by atoms with E-state index in [0.717, 1.165) is 16.4 Å². The van der Waals surface area contributed by atoms with Gasteiger partial charge in [-0.15, -0.1) is 0 Å². The van der Waals surface area contributed by atoms with Crippen LogP contribution in [0.5, 0.6) is 11.5 Å². The summed E-state index contributed by atoms with van der Waals surface area (Å²) in [6.45, 7) is 0.00660. The molecule has 0 aromatic heterocycles. The quantitative estimate of drug-likeness (QED) is 0.627. The van der Waals surface area contributed by atoms with E-state index in [9.17, 15) is 26.4 Å². The van der Waals surface area contributed by atoms with E-state index in [-0.39, 0.29) is 28.8 Å². The summed E-state index contributed by atoms with van der Waals surface area (Å²) in [5.74, 6) is -0.941. The van der Waals surface area contributed by atoms with Crippen LogP contribution in [0, 0.1) is 5.92 Å². The van der Waals surface area contributed by atoms with Crippen molar-refractivity contribution in [3.8, 4) is 11.5 Å². The maximum Gasteiger partial charge on any atom is 0.418 e. The molecule has 2 aromatic carbocycles. The maximum atomic E-state index is 13.3. The lowest BCUT2D eigenvalue weighted by Crippen LogP contribution is -2.43. The molecule has 0 radical (unpaired) electrons. The summed E-state index contributed by atoms with van der Waals surface area (Å²) in [6.07, 6.45) is -4.01. The van der Waals surface area contributed by atoms with E-state index < -0.39 is 39.3 Å². The van der Waals surface area contributed by atoms with Crippen LogP contribution < -0.4 is 14.8 Å². The minimum atomic E-state index is -4.72. The Labute approximate surface area is 194 Å². The van der Waals surface area contributed by atoms with Gasteiger partial charge < -0.3 is 14.8 Å². The van der Waals surface area contributed by atoms with Gasteiger partial charge in [0.15, 0.2) is 11.5 Å². The molecule has 1 fully saturated rings. The second kappa shape index (κ2) is 9.78. The fourth-order valence-electron chi connectivity index (χ4n) is 3.60. The van der Waals surface area contributed by atoms with Crippen LogP contribution >= 0.6 is 11.6 Å². The monoisotopic (exact) mass is 506 g/mol. The number of benzene rings is 2. The lowest BCUT2D eigenvalue weighted by molar-refractivity contribution is -0.137. The predicted octanol–water partition coefficient (Wildman–Crippen LogP) is 4.42. The van der Waals surface area contributed by atoms with Gasteiger partial charge in [0.1, 0.15) is 0 Å². The molecule has 12 heteroatoms. The summed E-state index contributed by atoms with van der Waals surface area (Å²) >= 11 is 5.67. The molecule has 1 atom stereocenters.